The lowest BCUT2D eigenvalue weighted by Gasteiger charge is -2.34. The normalized spacial score (nSPS) is 20.6. The minimum Gasteiger partial charge on any atom is -0.395 e. The number of sulfone groups is 1. The van der Waals surface area contributed by atoms with Gasteiger partial charge in [-0.05, 0) is 49.1 Å². The number of halogens is 3. The fraction of sp³-hybridized carbons (Fsp3) is 0.464. The third-order valence-electron chi connectivity index (χ3n) is 7.96. The van der Waals surface area contributed by atoms with Crippen LogP contribution in [0.15, 0.2) is 35.4 Å². The first-order valence-electron chi connectivity index (χ1n) is 14.1. The fourth-order valence-electron chi connectivity index (χ4n) is 5.50. The first kappa shape index (κ1) is 29.8. The Labute approximate surface area is 250 Å². The highest BCUT2D eigenvalue weighted by atomic mass is 32.2. The van der Waals surface area contributed by atoms with Crippen LogP contribution in [-0.2, 0) is 22.4 Å². The van der Waals surface area contributed by atoms with Gasteiger partial charge in [0, 0.05) is 55.8 Å². The molecule has 15 heteroatoms. The number of fused-ring (bicyclic) bond motifs is 1. The van der Waals surface area contributed by atoms with Gasteiger partial charge in [-0.3, -0.25) is 4.79 Å². The number of aliphatic hydroxyl groups excluding tert-OH is 1. The van der Waals surface area contributed by atoms with E-state index < -0.39 is 33.2 Å². The Morgan fingerprint density at radius 1 is 1.21 bits per heavy atom. The van der Waals surface area contributed by atoms with E-state index in [4.69, 9.17) is 0 Å². The van der Waals surface area contributed by atoms with E-state index in [0.717, 1.165) is 43.2 Å². The molecule has 10 nitrogen and oxygen atoms in total. The molecule has 1 aromatic carbocycles. The maximum absolute atomic E-state index is 14.1. The molecule has 0 radical (unpaired) electrons. The second kappa shape index (κ2) is 11.3. The van der Waals surface area contributed by atoms with Crippen molar-refractivity contribution in [1.82, 2.24) is 20.2 Å². The molecule has 6 rings (SSSR count). The van der Waals surface area contributed by atoms with E-state index in [1.54, 1.807) is 0 Å². The quantitative estimate of drug-likeness (QED) is 0.356. The lowest BCUT2D eigenvalue weighted by atomic mass is 10.1. The summed E-state index contributed by atoms with van der Waals surface area (Å²) >= 11 is 0.717. The van der Waals surface area contributed by atoms with E-state index in [1.807, 2.05) is 25.1 Å². The second-order valence-corrected chi connectivity index (χ2v) is 14.0. The predicted octanol–water partition coefficient (Wildman–Crippen LogP) is 3.69. The Hall–Kier alpha value is -3.27. The summed E-state index contributed by atoms with van der Waals surface area (Å²) in [5.74, 6) is -0.852. The average molecular weight is 637 g/mol. The number of aliphatic hydroxyl groups is 1. The zero-order valence-corrected chi connectivity index (χ0v) is 24.9. The van der Waals surface area contributed by atoms with E-state index in [1.165, 1.54) is 4.90 Å². The largest absolute Gasteiger partial charge is 0.420 e. The summed E-state index contributed by atoms with van der Waals surface area (Å²) < 4.78 is 68.5. The van der Waals surface area contributed by atoms with Gasteiger partial charge in [0.15, 0.2) is 9.84 Å². The van der Waals surface area contributed by atoms with Gasteiger partial charge in [0.25, 0.3) is 5.91 Å². The van der Waals surface area contributed by atoms with Gasteiger partial charge in [0.1, 0.15) is 10.4 Å². The highest BCUT2D eigenvalue weighted by molar-refractivity contribution is 7.91. The highest BCUT2D eigenvalue weighted by Crippen LogP contribution is 2.43. The zero-order chi connectivity index (χ0) is 30.5. The summed E-state index contributed by atoms with van der Waals surface area (Å²) in [6.07, 6.45) is -1.97. The number of aryl methyl sites for hydroxylation is 1. The van der Waals surface area contributed by atoms with Gasteiger partial charge in [0.2, 0.25) is 5.95 Å². The van der Waals surface area contributed by atoms with E-state index >= 15 is 0 Å². The van der Waals surface area contributed by atoms with Gasteiger partial charge in [-0.1, -0.05) is 6.92 Å². The van der Waals surface area contributed by atoms with Crippen LogP contribution >= 0.6 is 11.3 Å². The summed E-state index contributed by atoms with van der Waals surface area (Å²) in [6.45, 7) is 4.17. The summed E-state index contributed by atoms with van der Waals surface area (Å²) in [4.78, 5) is 24.7. The van der Waals surface area contributed by atoms with Crippen molar-refractivity contribution in [1.29, 1.82) is 0 Å². The number of carbonyl (C=O) groups excluding carboxylic acids is 1. The number of piperazine rings is 1. The molecule has 1 unspecified atom stereocenters. The standard InChI is InChI=1S/C28H31F3N6O4S2/c1-2-16-11-19(36-8-7-32-17(14-36)15-38)5-6-21(16)34-27-33-13-20(28(29,30)31)24(35-27)22-12-23-25(42-22)26(39)37(18-3-4-18)9-10-43(23,40)41/h5-6,11-13,17-18,32,38H,2-4,7-10,14-15H2,1H3,(H,33,34,35). The Morgan fingerprint density at radius 3 is 2.70 bits per heavy atom. The Morgan fingerprint density at radius 2 is 2.00 bits per heavy atom. The SMILES string of the molecule is CCc1cc(N2CCNC(CO)C2)ccc1Nc1ncc(C(F)(F)F)c(-c2cc3c(s2)C(=O)N(C2CC2)CCS3(=O)=O)n1. The van der Waals surface area contributed by atoms with Crippen molar-refractivity contribution in [2.75, 3.05) is 48.8 Å². The molecule has 4 heterocycles. The maximum Gasteiger partial charge on any atom is 0.420 e. The summed E-state index contributed by atoms with van der Waals surface area (Å²) in [5, 5.41) is 15.8. The van der Waals surface area contributed by atoms with Crippen LogP contribution < -0.4 is 15.5 Å². The number of alkyl halides is 3. The van der Waals surface area contributed by atoms with Gasteiger partial charge in [-0.2, -0.15) is 13.2 Å². The lowest BCUT2D eigenvalue weighted by molar-refractivity contribution is -0.137. The number of anilines is 3. The van der Waals surface area contributed by atoms with Crippen molar-refractivity contribution in [3.63, 3.8) is 0 Å². The van der Waals surface area contributed by atoms with Gasteiger partial charge in [0.05, 0.1) is 27.8 Å². The first-order valence-corrected chi connectivity index (χ1v) is 16.6. The number of aromatic nitrogens is 2. The number of carbonyl (C=O) groups is 1. The molecule has 2 aromatic heterocycles. The average Bonchev–Trinajstić information content (AvgIpc) is 3.73. The van der Waals surface area contributed by atoms with Crippen LogP contribution in [0.2, 0.25) is 0 Å². The Kier molecular flexibility index (Phi) is 7.85. The van der Waals surface area contributed by atoms with Crippen LogP contribution in [0.1, 0.15) is 40.6 Å². The van der Waals surface area contributed by atoms with Gasteiger partial charge in [-0.15, -0.1) is 11.3 Å². The Bertz CT molecular complexity index is 1660. The Balaban J connectivity index is 1.35. The molecule has 2 fully saturated rings. The minimum atomic E-state index is -4.82. The fourth-order valence-corrected chi connectivity index (χ4v) is 8.42. The van der Waals surface area contributed by atoms with E-state index in [2.05, 4.69) is 25.5 Å². The summed E-state index contributed by atoms with van der Waals surface area (Å²) in [5.41, 5.74) is 0.852. The van der Waals surface area contributed by atoms with Crippen molar-refractivity contribution < 1.29 is 31.5 Å². The molecule has 1 amide bonds. The van der Waals surface area contributed by atoms with Gasteiger partial charge in [-0.25, -0.2) is 18.4 Å². The second-order valence-electron chi connectivity index (χ2n) is 10.9. The maximum atomic E-state index is 14.1. The molecule has 3 N–H and O–H groups in total. The predicted molar refractivity (Wildman–Crippen MR) is 157 cm³/mol. The number of nitrogens with one attached hydrogen (secondary N) is 2. The van der Waals surface area contributed by atoms with E-state index in [-0.39, 0.29) is 51.6 Å². The van der Waals surface area contributed by atoms with Gasteiger partial charge < -0.3 is 25.5 Å². The highest BCUT2D eigenvalue weighted by Gasteiger charge is 2.41. The minimum absolute atomic E-state index is 0.0243. The molecule has 43 heavy (non-hydrogen) atoms. The van der Waals surface area contributed by atoms with E-state index in [9.17, 15) is 31.5 Å². The number of nitrogens with zero attached hydrogens (tertiary/aromatic N) is 4. The third kappa shape index (κ3) is 5.95. The van der Waals surface area contributed by atoms with Crippen molar-refractivity contribution in [3.8, 4) is 10.6 Å². The van der Waals surface area contributed by atoms with Crippen LogP contribution in [0.4, 0.5) is 30.5 Å². The number of rotatable bonds is 7. The van der Waals surface area contributed by atoms with Crippen LogP contribution in [-0.4, -0.2) is 84.9 Å². The summed E-state index contributed by atoms with van der Waals surface area (Å²) in [7, 11) is -3.89. The number of benzene rings is 1. The topological polar surface area (TPSA) is 128 Å². The zero-order valence-electron chi connectivity index (χ0n) is 23.3. The number of hydrogen-bond acceptors (Lipinski definition) is 10. The molecule has 3 aromatic rings. The molecule has 1 atom stereocenters. The van der Waals surface area contributed by atoms with Crippen molar-refractivity contribution in [2.24, 2.45) is 0 Å². The molecule has 1 aliphatic carbocycles. The molecule has 230 valence electrons. The van der Waals surface area contributed by atoms with Crippen LogP contribution in [0, 0.1) is 0 Å². The van der Waals surface area contributed by atoms with Crippen LogP contribution in [0.25, 0.3) is 10.6 Å². The molecule has 3 aliphatic rings. The van der Waals surface area contributed by atoms with Crippen LogP contribution in [0.3, 0.4) is 0 Å². The van der Waals surface area contributed by atoms with Crippen molar-refractivity contribution in [3.05, 3.63) is 46.5 Å². The van der Waals surface area contributed by atoms with Crippen LogP contribution in [0.5, 0.6) is 0 Å². The summed E-state index contributed by atoms with van der Waals surface area (Å²) in [6, 6.07) is 6.77. The molecule has 1 saturated heterocycles. The first-order chi connectivity index (χ1) is 20.5. The molecule has 2 aliphatic heterocycles. The lowest BCUT2D eigenvalue weighted by Crippen LogP contribution is -2.52. The number of thiophene rings is 1. The van der Waals surface area contributed by atoms with Crippen molar-refractivity contribution >= 4 is 44.4 Å². The number of amides is 1. The smallest absolute Gasteiger partial charge is 0.395 e. The third-order valence-corrected chi connectivity index (χ3v) is 10.9. The number of hydrogen-bond donors (Lipinski definition) is 3. The van der Waals surface area contributed by atoms with E-state index in [0.29, 0.717) is 36.2 Å². The molecular weight excluding hydrogens is 605 g/mol. The van der Waals surface area contributed by atoms with Crippen molar-refractivity contribution in [2.45, 2.75) is 49.3 Å². The molecule has 1 saturated carbocycles. The molecule has 0 bridgehead atoms. The molecule has 0 spiro atoms. The molecular formula is C28H31F3N6O4S2. The van der Waals surface area contributed by atoms with Gasteiger partial charge >= 0.3 is 6.18 Å². The monoisotopic (exact) mass is 636 g/mol.